The molecule has 2 amide bonds. The van der Waals surface area contributed by atoms with Gasteiger partial charge in [0, 0.05) is 12.5 Å². The number of hydrogen-bond donors (Lipinski definition) is 3. The van der Waals surface area contributed by atoms with Gasteiger partial charge in [0.05, 0.1) is 12.5 Å². The minimum absolute atomic E-state index is 0.229. The third-order valence-corrected chi connectivity index (χ3v) is 4.43. The van der Waals surface area contributed by atoms with Crippen LogP contribution in [0, 0.1) is 0 Å². The van der Waals surface area contributed by atoms with Gasteiger partial charge in [0.2, 0.25) is 5.89 Å². The standard InChI is InChI=1S/C21H25N5O3/c1-14(23-2)11-19-25-20(29-26-19)13-18(24-21(22)27)15-7-6-10-17(12-15)28-16-8-4-3-5-9-16/h3-10,12,14,18,23H,11,13H2,1-2H3,(H3,22,24,27). The number of benzene rings is 2. The van der Waals surface area contributed by atoms with Crippen molar-refractivity contribution < 1.29 is 14.1 Å². The fraction of sp³-hybridized carbons (Fsp3) is 0.286. The highest BCUT2D eigenvalue weighted by molar-refractivity contribution is 5.72. The van der Waals surface area contributed by atoms with E-state index in [1.165, 1.54) is 0 Å². The minimum Gasteiger partial charge on any atom is -0.457 e. The molecular weight excluding hydrogens is 370 g/mol. The van der Waals surface area contributed by atoms with E-state index in [1.54, 1.807) is 0 Å². The summed E-state index contributed by atoms with van der Waals surface area (Å²) in [5.41, 5.74) is 6.20. The molecule has 0 saturated heterocycles. The molecule has 0 radical (unpaired) electrons. The summed E-state index contributed by atoms with van der Waals surface area (Å²) in [6, 6.07) is 16.1. The van der Waals surface area contributed by atoms with Gasteiger partial charge < -0.3 is 25.6 Å². The van der Waals surface area contributed by atoms with Crippen LogP contribution in [0.15, 0.2) is 59.1 Å². The lowest BCUT2D eigenvalue weighted by molar-refractivity contribution is 0.244. The lowest BCUT2D eigenvalue weighted by Gasteiger charge is -2.17. The van der Waals surface area contributed by atoms with Gasteiger partial charge in [-0.2, -0.15) is 4.98 Å². The highest BCUT2D eigenvalue weighted by atomic mass is 16.5. The summed E-state index contributed by atoms with van der Waals surface area (Å²) in [4.78, 5) is 16.0. The molecule has 1 heterocycles. The first-order valence-electron chi connectivity index (χ1n) is 9.41. The van der Waals surface area contributed by atoms with E-state index in [4.69, 9.17) is 15.0 Å². The Bertz CT molecular complexity index is 929. The van der Waals surface area contributed by atoms with Crippen molar-refractivity contribution in [2.75, 3.05) is 7.05 Å². The van der Waals surface area contributed by atoms with E-state index in [0.29, 0.717) is 30.3 Å². The number of rotatable bonds is 9. The van der Waals surface area contributed by atoms with Gasteiger partial charge in [-0.15, -0.1) is 0 Å². The molecule has 0 bridgehead atoms. The van der Waals surface area contributed by atoms with Crippen LogP contribution in [0.1, 0.15) is 30.2 Å². The Balaban J connectivity index is 1.76. The predicted molar refractivity (Wildman–Crippen MR) is 109 cm³/mol. The van der Waals surface area contributed by atoms with Crippen molar-refractivity contribution in [3.8, 4) is 11.5 Å². The molecule has 0 fully saturated rings. The van der Waals surface area contributed by atoms with Gasteiger partial charge in [-0.05, 0) is 43.8 Å². The zero-order valence-corrected chi connectivity index (χ0v) is 16.5. The maximum Gasteiger partial charge on any atom is 0.312 e. The first-order valence-corrected chi connectivity index (χ1v) is 9.41. The van der Waals surface area contributed by atoms with Crippen LogP contribution >= 0.6 is 0 Å². The normalized spacial score (nSPS) is 12.9. The van der Waals surface area contributed by atoms with Crippen LogP contribution in [0.5, 0.6) is 11.5 Å². The maximum atomic E-state index is 11.5. The quantitative estimate of drug-likeness (QED) is 0.513. The van der Waals surface area contributed by atoms with Crippen LogP contribution in [-0.4, -0.2) is 29.3 Å². The average Bonchev–Trinajstić information content (AvgIpc) is 3.15. The van der Waals surface area contributed by atoms with E-state index in [0.717, 1.165) is 11.3 Å². The van der Waals surface area contributed by atoms with Crippen molar-refractivity contribution in [2.45, 2.75) is 31.8 Å². The van der Waals surface area contributed by atoms with Crippen LogP contribution < -0.4 is 21.1 Å². The Morgan fingerprint density at radius 1 is 1.14 bits per heavy atom. The molecule has 8 heteroatoms. The lowest BCUT2D eigenvalue weighted by Crippen LogP contribution is -2.34. The highest BCUT2D eigenvalue weighted by Crippen LogP contribution is 2.26. The third-order valence-electron chi connectivity index (χ3n) is 4.43. The summed E-state index contributed by atoms with van der Waals surface area (Å²) in [7, 11) is 1.88. The summed E-state index contributed by atoms with van der Waals surface area (Å²) in [6.07, 6.45) is 0.965. The van der Waals surface area contributed by atoms with Crippen molar-refractivity contribution in [3.05, 3.63) is 71.9 Å². The van der Waals surface area contributed by atoms with Gasteiger partial charge in [-0.25, -0.2) is 4.79 Å². The molecular formula is C21H25N5O3. The third kappa shape index (κ3) is 6.05. The van der Waals surface area contributed by atoms with Gasteiger partial charge in [-0.3, -0.25) is 0 Å². The number of aromatic nitrogens is 2. The number of amides is 2. The number of ether oxygens (including phenoxy) is 1. The fourth-order valence-electron chi connectivity index (χ4n) is 2.85. The van der Waals surface area contributed by atoms with Gasteiger partial charge in [0.1, 0.15) is 11.5 Å². The molecule has 0 aliphatic rings. The predicted octanol–water partition coefficient (Wildman–Crippen LogP) is 2.96. The molecule has 0 aliphatic heterocycles. The van der Waals surface area contributed by atoms with Gasteiger partial charge in [0.15, 0.2) is 5.82 Å². The maximum absolute atomic E-state index is 11.5. The lowest BCUT2D eigenvalue weighted by atomic mass is 10.0. The molecule has 2 unspecified atom stereocenters. The van der Waals surface area contributed by atoms with Gasteiger partial charge >= 0.3 is 6.03 Å². The second-order valence-corrected chi connectivity index (χ2v) is 6.75. The SMILES string of the molecule is CNC(C)Cc1noc(CC(NC(N)=O)c2cccc(Oc3ccccc3)c2)n1. The molecule has 3 rings (SSSR count). The van der Waals surface area contributed by atoms with Crippen molar-refractivity contribution in [3.63, 3.8) is 0 Å². The Labute approximate surface area is 169 Å². The van der Waals surface area contributed by atoms with E-state index >= 15 is 0 Å². The fourth-order valence-corrected chi connectivity index (χ4v) is 2.85. The van der Waals surface area contributed by atoms with Crippen molar-refractivity contribution in [1.29, 1.82) is 0 Å². The van der Waals surface area contributed by atoms with E-state index in [-0.39, 0.29) is 6.04 Å². The van der Waals surface area contributed by atoms with E-state index in [2.05, 4.69) is 20.8 Å². The Morgan fingerprint density at radius 2 is 1.90 bits per heavy atom. The molecule has 3 aromatic rings. The highest BCUT2D eigenvalue weighted by Gasteiger charge is 2.19. The zero-order valence-electron chi connectivity index (χ0n) is 16.5. The molecule has 2 aromatic carbocycles. The van der Waals surface area contributed by atoms with E-state index in [1.807, 2.05) is 68.6 Å². The molecule has 29 heavy (non-hydrogen) atoms. The number of para-hydroxylation sites is 1. The first kappa shape index (κ1) is 20.3. The zero-order chi connectivity index (χ0) is 20.6. The number of nitrogens with zero attached hydrogens (tertiary/aromatic N) is 2. The molecule has 8 nitrogen and oxygen atoms in total. The molecule has 4 N–H and O–H groups in total. The largest absolute Gasteiger partial charge is 0.457 e. The van der Waals surface area contributed by atoms with Crippen LogP contribution in [0.2, 0.25) is 0 Å². The van der Waals surface area contributed by atoms with Crippen LogP contribution in [0.4, 0.5) is 4.79 Å². The van der Waals surface area contributed by atoms with Crippen LogP contribution in [-0.2, 0) is 12.8 Å². The first-order chi connectivity index (χ1) is 14.0. The smallest absolute Gasteiger partial charge is 0.312 e. The van der Waals surface area contributed by atoms with E-state index < -0.39 is 12.1 Å². The number of urea groups is 1. The summed E-state index contributed by atoms with van der Waals surface area (Å²) >= 11 is 0. The monoisotopic (exact) mass is 395 g/mol. The number of carbonyl (C=O) groups is 1. The molecule has 2 atom stereocenters. The Kier molecular flexibility index (Phi) is 6.80. The molecule has 0 aliphatic carbocycles. The summed E-state index contributed by atoms with van der Waals surface area (Å²) in [6.45, 7) is 2.03. The van der Waals surface area contributed by atoms with Gasteiger partial charge in [0.25, 0.3) is 0 Å². The summed E-state index contributed by atoms with van der Waals surface area (Å²) in [5.74, 6) is 2.42. The summed E-state index contributed by atoms with van der Waals surface area (Å²) < 4.78 is 11.2. The Hall–Kier alpha value is -3.39. The number of carbonyl (C=O) groups excluding carboxylic acids is 1. The Morgan fingerprint density at radius 3 is 2.62 bits per heavy atom. The van der Waals surface area contributed by atoms with Crippen molar-refractivity contribution >= 4 is 6.03 Å². The number of nitrogens with one attached hydrogen (secondary N) is 2. The second-order valence-electron chi connectivity index (χ2n) is 6.75. The average molecular weight is 395 g/mol. The van der Waals surface area contributed by atoms with Crippen LogP contribution in [0.3, 0.4) is 0 Å². The molecule has 0 saturated carbocycles. The van der Waals surface area contributed by atoms with Gasteiger partial charge in [-0.1, -0.05) is 35.5 Å². The number of hydrogen-bond acceptors (Lipinski definition) is 6. The number of primary amides is 1. The summed E-state index contributed by atoms with van der Waals surface area (Å²) in [5, 5.41) is 9.88. The topological polar surface area (TPSA) is 115 Å². The van der Waals surface area contributed by atoms with Crippen molar-refractivity contribution in [2.24, 2.45) is 5.73 Å². The van der Waals surface area contributed by atoms with Crippen molar-refractivity contribution in [1.82, 2.24) is 20.8 Å². The second kappa shape index (κ2) is 9.70. The molecule has 152 valence electrons. The minimum atomic E-state index is -0.632. The van der Waals surface area contributed by atoms with Crippen LogP contribution in [0.25, 0.3) is 0 Å². The molecule has 1 aromatic heterocycles. The van der Waals surface area contributed by atoms with E-state index in [9.17, 15) is 4.79 Å². The molecule has 0 spiro atoms. The number of likely N-dealkylation sites (N-methyl/N-ethyl adjacent to an activating group) is 1. The number of nitrogens with two attached hydrogens (primary N) is 1.